The molecule has 1 aromatic carbocycles. The molecule has 0 saturated carbocycles. The van der Waals surface area contributed by atoms with Crippen molar-refractivity contribution in [3.8, 4) is 0 Å². The molecule has 1 heterocycles. The Morgan fingerprint density at radius 3 is 2.75 bits per heavy atom. The molecule has 0 atom stereocenters. The number of methoxy groups -OCH3 is 1. The largest absolute Gasteiger partial charge is 0.431 e. The van der Waals surface area contributed by atoms with Crippen LogP contribution in [0.5, 0.6) is 0 Å². The van der Waals surface area contributed by atoms with Crippen LogP contribution in [0.2, 0.25) is 0 Å². The van der Waals surface area contributed by atoms with Crippen LogP contribution < -0.4 is 5.32 Å². The molecule has 1 amide bonds. The molecule has 7 heteroatoms. The third-order valence-electron chi connectivity index (χ3n) is 2.74. The fourth-order valence-corrected chi connectivity index (χ4v) is 1.78. The van der Waals surface area contributed by atoms with Crippen LogP contribution >= 0.6 is 0 Å². The Kier molecular flexibility index (Phi) is 3.99. The molecule has 20 heavy (non-hydrogen) atoms. The van der Waals surface area contributed by atoms with Gasteiger partial charge in [0.2, 0.25) is 5.91 Å². The number of alkyl halides is 3. The number of rotatable bonds is 4. The number of aromatic amines is 1. The minimum atomic E-state index is -4.42. The van der Waals surface area contributed by atoms with E-state index >= 15 is 0 Å². The number of hydrogen-bond acceptors (Lipinski definition) is 2. The van der Waals surface area contributed by atoms with Crippen LogP contribution in [0.1, 0.15) is 12.1 Å². The molecular formula is C13H13F3N2O2. The molecule has 0 aliphatic carbocycles. The summed E-state index contributed by atoms with van der Waals surface area (Å²) in [6, 6.07) is 5.55. The maximum Gasteiger partial charge on any atom is 0.431 e. The van der Waals surface area contributed by atoms with Crippen LogP contribution in [-0.4, -0.2) is 24.6 Å². The Morgan fingerprint density at radius 2 is 2.10 bits per heavy atom. The molecule has 0 unspecified atom stereocenters. The summed E-state index contributed by atoms with van der Waals surface area (Å²) in [5, 5.41) is 2.99. The van der Waals surface area contributed by atoms with Crippen molar-refractivity contribution in [2.24, 2.45) is 0 Å². The Morgan fingerprint density at radius 1 is 1.35 bits per heavy atom. The van der Waals surface area contributed by atoms with Gasteiger partial charge in [0, 0.05) is 23.7 Å². The summed E-state index contributed by atoms with van der Waals surface area (Å²) < 4.78 is 42.5. The number of amides is 1. The van der Waals surface area contributed by atoms with Gasteiger partial charge >= 0.3 is 6.18 Å². The van der Waals surface area contributed by atoms with Gasteiger partial charge in [-0.1, -0.05) is 0 Å². The van der Waals surface area contributed by atoms with Gasteiger partial charge in [0.15, 0.2) is 0 Å². The van der Waals surface area contributed by atoms with E-state index in [1.807, 2.05) is 0 Å². The van der Waals surface area contributed by atoms with E-state index in [2.05, 4.69) is 10.3 Å². The topological polar surface area (TPSA) is 54.1 Å². The monoisotopic (exact) mass is 286 g/mol. The summed E-state index contributed by atoms with van der Waals surface area (Å²) in [7, 11) is 1.48. The molecule has 0 aliphatic rings. The average Bonchev–Trinajstić information content (AvgIpc) is 2.79. The van der Waals surface area contributed by atoms with E-state index in [9.17, 15) is 18.0 Å². The van der Waals surface area contributed by atoms with Gasteiger partial charge in [-0.2, -0.15) is 13.2 Å². The van der Waals surface area contributed by atoms with Crippen LogP contribution in [0, 0.1) is 0 Å². The lowest BCUT2D eigenvalue weighted by molar-refractivity contribution is -0.140. The van der Waals surface area contributed by atoms with Crippen molar-refractivity contribution in [3.63, 3.8) is 0 Å². The number of ether oxygens (including phenoxy) is 1. The highest BCUT2D eigenvalue weighted by molar-refractivity contribution is 5.94. The molecule has 0 radical (unpaired) electrons. The van der Waals surface area contributed by atoms with Gasteiger partial charge in [-0.25, -0.2) is 0 Å². The van der Waals surface area contributed by atoms with Crippen molar-refractivity contribution < 1.29 is 22.7 Å². The van der Waals surface area contributed by atoms with Crippen molar-refractivity contribution in [2.75, 3.05) is 19.0 Å². The maximum absolute atomic E-state index is 12.6. The van der Waals surface area contributed by atoms with E-state index in [-0.39, 0.29) is 18.9 Å². The van der Waals surface area contributed by atoms with Crippen molar-refractivity contribution >= 4 is 22.5 Å². The van der Waals surface area contributed by atoms with Gasteiger partial charge in [0.1, 0.15) is 5.69 Å². The number of carbonyl (C=O) groups is 1. The predicted octanol–water partition coefficient (Wildman–Crippen LogP) is 3.16. The standard InChI is InChI=1S/C13H13F3N2O2/c1-20-5-4-12(19)17-9-2-3-10-8(6-9)7-11(18-10)13(14,15)16/h2-3,6-7,18H,4-5H2,1H3,(H,17,19). The highest BCUT2D eigenvalue weighted by Gasteiger charge is 2.32. The van der Waals surface area contributed by atoms with E-state index in [1.54, 1.807) is 6.07 Å². The van der Waals surface area contributed by atoms with Crippen LogP contribution in [0.25, 0.3) is 10.9 Å². The lowest BCUT2D eigenvalue weighted by Crippen LogP contribution is -2.13. The van der Waals surface area contributed by atoms with Gasteiger partial charge in [-0.05, 0) is 24.3 Å². The van der Waals surface area contributed by atoms with Crippen molar-refractivity contribution in [3.05, 3.63) is 30.0 Å². The first-order valence-electron chi connectivity index (χ1n) is 5.89. The molecule has 1 aromatic heterocycles. The zero-order chi connectivity index (χ0) is 14.8. The summed E-state index contributed by atoms with van der Waals surface area (Å²) in [4.78, 5) is 13.8. The fourth-order valence-electron chi connectivity index (χ4n) is 1.78. The van der Waals surface area contributed by atoms with Gasteiger partial charge in [0.25, 0.3) is 0 Å². The second-order valence-electron chi connectivity index (χ2n) is 4.27. The molecule has 0 bridgehead atoms. The number of fused-ring (bicyclic) bond motifs is 1. The highest BCUT2D eigenvalue weighted by Crippen LogP contribution is 2.31. The number of benzene rings is 1. The molecule has 0 fully saturated rings. The molecule has 0 saturated heterocycles. The molecule has 0 spiro atoms. The Labute approximate surface area is 112 Å². The minimum absolute atomic E-state index is 0.190. The fraction of sp³-hybridized carbons (Fsp3) is 0.308. The number of nitrogens with one attached hydrogen (secondary N) is 2. The first-order valence-corrected chi connectivity index (χ1v) is 5.89. The van der Waals surface area contributed by atoms with E-state index < -0.39 is 11.9 Å². The SMILES string of the molecule is COCCC(=O)Nc1ccc2[nH]c(C(F)(F)F)cc2c1. The zero-order valence-electron chi connectivity index (χ0n) is 10.7. The third kappa shape index (κ3) is 3.30. The zero-order valence-corrected chi connectivity index (χ0v) is 10.7. The van der Waals surface area contributed by atoms with Crippen molar-refractivity contribution in [2.45, 2.75) is 12.6 Å². The van der Waals surface area contributed by atoms with E-state index in [0.717, 1.165) is 6.07 Å². The predicted molar refractivity (Wildman–Crippen MR) is 68.4 cm³/mol. The molecule has 2 rings (SSSR count). The van der Waals surface area contributed by atoms with Crippen LogP contribution in [-0.2, 0) is 15.7 Å². The van der Waals surface area contributed by atoms with Gasteiger partial charge in [-0.3, -0.25) is 4.79 Å². The van der Waals surface area contributed by atoms with Crippen LogP contribution in [0.3, 0.4) is 0 Å². The minimum Gasteiger partial charge on any atom is -0.384 e. The van der Waals surface area contributed by atoms with Crippen LogP contribution in [0.15, 0.2) is 24.3 Å². The van der Waals surface area contributed by atoms with Gasteiger partial charge in [0.05, 0.1) is 13.0 Å². The summed E-state index contributed by atoms with van der Waals surface area (Å²) >= 11 is 0. The smallest absolute Gasteiger partial charge is 0.384 e. The second kappa shape index (κ2) is 5.54. The first-order chi connectivity index (χ1) is 9.40. The van der Waals surface area contributed by atoms with Crippen LogP contribution in [0.4, 0.5) is 18.9 Å². The molecule has 2 N–H and O–H groups in total. The number of halogens is 3. The van der Waals surface area contributed by atoms with E-state index in [1.165, 1.54) is 19.2 Å². The lowest BCUT2D eigenvalue weighted by Gasteiger charge is -2.04. The van der Waals surface area contributed by atoms with Crippen molar-refractivity contribution in [1.29, 1.82) is 0 Å². The second-order valence-corrected chi connectivity index (χ2v) is 4.27. The molecular weight excluding hydrogens is 273 g/mol. The normalized spacial score (nSPS) is 11.8. The Balaban J connectivity index is 2.19. The average molecular weight is 286 g/mol. The third-order valence-corrected chi connectivity index (χ3v) is 2.74. The number of hydrogen-bond donors (Lipinski definition) is 2. The summed E-state index contributed by atoms with van der Waals surface area (Å²) in [5.41, 5.74) is 0.00824. The van der Waals surface area contributed by atoms with Gasteiger partial charge in [-0.15, -0.1) is 0 Å². The number of anilines is 1. The maximum atomic E-state index is 12.6. The highest BCUT2D eigenvalue weighted by atomic mass is 19.4. The number of carbonyl (C=O) groups excluding carboxylic acids is 1. The lowest BCUT2D eigenvalue weighted by atomic mass is 10.2. The Hall–Kier alpha value is -2.02. The summed E-state index contributed by atoms with van der Waals surface area (Å²) in [6.45, 7) is 0.288. The Bertz CT molecular complexity index is 620. The number of H-pyrrole nitrogens is 1. The van der Waals surface area contributed by atoms with Gasteiger partial charge < -0.3 is 15.0 Å². The summed E-state index contributed by atoms with van der Waals surface area (Å²) in [5.74, 6) is -0.252. The molecule has 108 valence electrons. The quantitative estimate of drug-likeness (QED) is 0.907. The summed E-state index contributed by atoms with van der Waals surface area (Å²) in [6.07, 6.45) is -4.23. The molecule has 4 nitrogen and oxygen atoms in total. The van der Waals surface area contributed by atoms with E-state index in [4.69, 9.17) is 4.74 Å². The first kappa shape index (κ1) is 14.4. The molecule has 2 aromatic rings. The van der Waals surface area contributed by atoms with Crippen molar-refractivity contribution in [1.82, 2.24) is 4.98 Å². The number of aromatic nitrogens is 1. The molecule has 0 aliphatic heterocycles. The van der Waals surface area contributed by atoms with E-state index in [0.29, 0.717) is 16.6 Å².